The topological polar surface area (TPSA) is 32.3 Å². The number of aryl methyl sites for hydroxylation is 1. The summed E-state index contributed by atoms with van der Waals surface area (Å²) < 4.78 is 0. The van der Waals surface area contributed by atoms with E-state index in [2.05, 4.69) is 31.3 Å². The third-order valence-corrected chi connectivity index (χ3v) is 4.43. The van der Waals surface area contributed by atoms with Crippen LogP contribution in [0.25, 0.3) is 0 Å². The maximum atomic E-state index is 12.2. The van der Waals surface area contributed by atoms with Gasteiger partial charge in [-0.3, -0.25) is 4.79 Å². The molecule has 1 fully saturated rings. The van der Waals surface area contributed by atoms with Crippen molar-refractivity contribution in [3.05, 3.63) is 29.8 Å². The highest BCUT2D eigenvalue weighted by atomic mass is 32.2. The van der Waals surface area contributed by atoms with E-state index in [0.29, 0.717) is 11.8 Å². The van der Waals surface area contributed by atoms with Crippen LogP contribution in [0.2, 0.25) is 0 Å². The van der Waals surface area contributed by atoms with Gasteiger partial charge >= 0.3 is 0 Å². The highest BCUT2D eigenvalue weighted by Gasteiger charge is 2.22. The highest BCUT2D eigenvalue weighted by Crippen LogP contribution is 2.22. The van der Waals surface area contributed by atoms with Crippen molar-refractivity contribution in [1.82, 2.24) is 10.2 Å². The molecule has 0 bridgehead atoms. The number of benzene rings is 1. The van der Waals surface area contributed by atoms with Gasteiger partial charge in [0.25, 0.3) is 0 Å². The van der Waals surface area contributed by atoms with Gasteiger partial charge in [-0.05, 0) is 25.5 Å². The fourth-order valence-electron chi connectivity index (χ4n) is 2.15. The third kappa shape index (κ3) is 3.27. The Morgan fingerprint density at radius 2 is 2.28 bits per heavy atom. The van der Waals surface area contributed by atoms with Crippen LogP contribution in [0, 0.1) is 6.92 Å². The van der Waals surface area contributed by atoms with Crippen molar-refractivity contribution in [2.24, 2.45) is 0 Å². The normalized spacial score (nSPS) is 19.9. The van der Waals surface area contributed by atoms with Crippen molar-refractivity contribution in [2.75, 3.05) is 25.4 Å². The van der Waals surface area contributed by atoms with E-state index in [1.54, 1.807) is 11.8 Å². The molecule has 1 aromatic carbocycles. The lowest BCUT2D eigenvalue weighted by molar-refractivity contribution is -0.131. The van der Waals surface area contributed by atoms with Crippen molar-refractivity contribution < 1.29 is 4.79 Å². The Bertz CT molecular complexity index is 422. The molecule has 1 aliphatic heterocycles. The summed E-state index contributed by atoms with van der Waals surface area (Å²) in [5, 5.41) is 3.30. The minimum Gasteiger partial charge on any atom is -0.337 e. The quantitative estimate of drug-likeness (QED) is 0.846. The molecule has 1 unspecified atom stereocenters. The zero-order valence-electron chi connectivity index (χ0n) is 11.0. The fraction of sp³-hybridized carbons (Fsp3) is 0.500. The average molecular weight is 264 g/mol. The van der Waals surface area contributed by atoms with Gasteiger partial charge in [-0.1, -0.05) is 18.2 Å². The molecule has 0 aromatic heterocycles. The molecule has 3 nitrogen and oxygen atoms in total. The predicted octanol–water partition coefficient (Wildman–Crippen LogP) is 1.91. The molecule has 1 N–H and O–H groups in total. The Kier molecular flexibility index (Phi) is 4.66. The molecule has 98 valence electrons. The summed E-state index contributed by atoms with van der Waals surface area (Å²) in [5.41, 5.74) is 1.24. The van der Waals surface area contributed by atoms with Crippen LogP contribution < -0.4 is 5.32 Å². The van der Waals surface area contributed by atoms with Gasteiger partial charge in [-0.15, -0.1) is 11.8 Å². The van der Waals surface area contributed by atoms with Crippen molar-refractivity contribution >= 4 is 17.7 Å². The van der Waals surface area contributed by atoms with Crippen molar-refractivity contribution in [3.63, 3.8) is 0 Å². The zero-order chi connectivity index (χ0) is 13.0. The van der Waals surface area contributed by atoms with E-state index in [4.69, 9.17) is 0 Å². The van der Waals surface area contributed by atoms with Gasteiger partial charge in [0.1, 0.15) is 0 Å². The second-order valence-electron chi connectivity index (χ2n) is 4.69. The number of hydrogen-bond acceptors (Lipinski definition) is 3. The van der Waals surface area contributed by atoms with Crippen LogP contribution in [0.1, 0.15) is 12.5 Å². The number of thioether (sulfide) groups is 1. The first kappa shape index (κ1) is 13.4. The first-order valence-electron chi connectivity index (χ1n) is 6.37. The number of carbonyl (C=O) groups excluding carboxylic acids is 1. The van der Waals surface area contributed by atoms with Gasteiger partial charge in [0.05, 0.1) is 5.75 Å². The first-order chi connectivity index (χ1) is 8.68. The van der Waals surface area contributed by atoms with Gasteiger partial charge < -0.3 is 10.2 Å². The van der Waals surface area contributed by atoms with Crippen LogP contribution in [0.5, 0.6) is 0 Å². The maximum absolute atomic E-state index is 12.2. The molecular weight excluding hydrogens is 244 g/mol. The van der Waals surface area contributed by atoms with Gasteiger partial charge in [0.2, 0.25) is 5.91 Å². The third-order valence-electron chi connectivity index (χ3n) is 3.27. The summed E-state index contributed by atoms with van der Waals surface area (Å²) in [4.78, 5) is 15.4. The second kappa shape index (κ2) is 6.25. The Labute approximate surface area is 113 Å². The van der Waals surface area contributed by atoms with Crippen LogP contribution in [0.4, 0.5) is 0 Å². The molecule has 1 amide bonds. The summed E-state index contributed by atoms with van der Waals surface area (Å²) in [6.07, 6.45) is 0. The summed E-state index contributed by atoms with van der Waals surface area (Å²) >= 11 is 1.64. The Hall–Kier alpha value is -1.00. The number of rotatable bonds is 3. The molecule has 0 spiro atoms. The lowest BCUT2D eigenvalue weighted by Crippen LogP contribution is -2.52. The van der Waals surface area contributed by atoms with Crippen LogP contribution in [0.3, 0.4) is 0 Å². The first-order valence-corrected chi connectivity index (χ1v) is 7.35. The summed E-state index contributed by atoms with van der Waals surface area (Å²) in [6.45, 7) is 6.82. The minimum absolute atomic E-state index is 0.247. The zero-order valence-corrected chi connectivity index (χ0v) is 11.8. The minimum atomic E-state index is 0.247. The van der Waals surface area contributed by atoms with Crippen molar-refractivity contribution in [3.8, 4) is 0 Å². The number of nitrogens with one attached hydrogen (secondary N) is 1. The Morgan fingerprint density at radius 3 is 3.00 bits per heavy atom. The monoisotopic (exact) mass is 264 g/mol. The molecule has 2 rings (SSSR count). The molecule has 0 saturated carbocycles. The van der Waals surface area contributed by atoms with Crippen LogP contribution >= 0.6 is 11.8 Å². The van der Waals surface area contributed by atoms with Crippen molar-refractivity contribution in [2.45, 2.75) is 24.8 Å². The molecule has 0 aliphatic carbocycles. The lowest BCUT2D eigenvalue weighted by atomic mass is 10.2. The largest absolute Gasteiger partial charge is 0.337 e. The molecule has 1 heterocycles. The number of nitrogens with zero attached hydrogens (tertiary/aromatic N) is 1. The molecule has 1 aliphatic rings. The van der Waals surface area contributed by atoms with Gasteiger partial charge in [-0.25, -0.2) is 0 Å². The van der Waals surface area contributed by atoms with E-state index in [1.807, 2.05) is 17.0 Å². The molecule has 0 radical (unpaired) electrons. The van der Waals surface area contributed by atoms with E-state index >= 15 is 0 Å². The number of amides is 1. The van der Waals surface area contributed by atoms with Crippen LogP contribution in [-0.4, -0.2) is 42.2 Å². The van der Waals surface area contributed by atoms with Crippen LogP contribution in [-0.2, 0) is 4.79 Å². The SMILES string of the molecule is Cc1ccccc1SCC(=O)N1CCNCC1C. The predicted molar refractivity (Wildman–Crippen MR) is 75.9 cm³/mol. The Balaban J connectivity index is 1.90. The summed E-state index contributed by atoms with van der Waals surface area (Å²) in [6, 6.07) is 8.52. The van der Waals surface area contributed by atoms with Crippen LogP contribution in [0.15, 0.2) is 29.2 Å². The summed E-state index contributed by atoms with van der Waals surface area (Å²) in [5.74, 6) is 0.784. The number of piperazine rings is 1. The molecule has 1 aromatic rings. The smallest absolute Gasteiger partial charge is 0.233 e. The molecular formula is C14H20N2OS. The van der Waals surface area contributed by atoms with E-state index in [9.17, 15) is 4.79 Å². The molecule has 18 heavy (non-hydrogen) atoms. The molecule has 1 atom stereocenters. The standard InChI is InChI=1S/C14H20N2OS/c1-11-5-3-4-6-13(11)18-10-14(17)16-8-7-15-9-12(16)2/h3-6,12,15H,7-10H2,1-2H3. The van der Waals surface area contributed by atoms with Gasteiger partial charge in [0, 0.05) is 30.6 Å². The average Bonchev–Trinajstić information content (AvgIpc) is 2.38. The number of hydrogen-bond donors (Lipinski definition) is 1. The van der Waals surface area contributed by atoms with Gasteiger partial charge in [0.15, 0.2) is 0 Å². The van der Waals surface area contributed by atoms with E-state index in [-0.39, 0.29) is 5.91 Å². The maximum Gasteiger partial charge on any atom is 0.233 e. The second-order valence-corrected chi connectivity index (χ2v) is 5.71. The molecule has 4 heteroatoms. The summed E-state index contributed by atoms with van der Waals surface area (Å²) in [7, 11) is 0. The van der Waals surface area contributed by atoms with E-state index < -0.39 is 0 Å². The van der Waals surface area contributed by atoms with E-state index in [1.165, 1.54) is 10.5 Å². The number of carbonyl (C=O) groups is 1. The fourth-order valence-corrected chi connectivity index (χ4v) is 3.07. The Morgan fingerprint density at radius 1 is 1.50 bits per heavy atom. The van der Waals surface area contributed by atoms with Crippen molar-refractivity contribution in [1.29, 1.82) is 0 Å². The van der Waals surface area contributed by atoms with Gasteiger partial charge in [-0.2, -0.15) is 0 Å². The lowest BCUT2D eigenvalue weighted by Gasteiger charge is -2.34. The van der Waals surface area contributed by atoms with E-state index in [0.717, 1.165) is 19.6 Å². The highest BCUT2D eigenvalue weighted by molar-refractivity contribution is 8.00. The molecule has 1 saturated heterocycles.